The average Bonchev–Trinajstić information content (AvgIpc) is 3.58. The van der Waals surface area contributed by atoms with Crippen molar-refractivity contribution in [2.45, 2.75) is 45.1 Å². The van der Waals surface area contributed by atoms with Crippen LogP contribution in [0.3, 0.4) is 0 Å². The molecule has 2 heterocycles. The zero-order valence-electron chi connectivity index (χ0n) is 21.2. The van der Waals surface area contributed by atoms with Gasteiger partial charge in [-0.05, 0) is 38.8 Å². The van der Waals surface area contributed by atoms with Gasteiger partial charge < -0.3 is 24.7 Å². The summed E-state index contributed by atoms with van der Waals surface area (Å²) in [6, 6.07) is 5.03. The molecule has 10 heteroatoms. The second kappa shape index (κ2) is 11.1. The number of anilines is 1. The molecular weight excluding hydrogens is 462 g/mol. The Morgan fingerprint density at radius 3 is 2.47 bits per heavy atom. The average molecular weight is 498 g/mol. The minimum atomic E-state index is -0.760. The zero-order valence-corrected chi connectivity index (χ0v) is 21.2. The van der Waals surface area contributed by atoms with E-state index in [9.17, 15) is 14.4 Å². The number of nitrogens with zero attached hydrogens (tertiary/aromatic N) is 3. The van der Waals surface area contributed by atoms with Gasteiger partial charge in [0.2, 0.25) is 5.91 Å². The Morgan fingerprint density at radius 1 is 1.11 bits per heavy atom. The second-order valence-corrected chi connectivity index (χ2v) is 10.2. The molecule has 0 atom stereocenters. The summed E-state index contributed by atoms with van der Waals surface area (Å²) in [5.41, 5.74) is 0.486. The number of oxazole rings is 1. The van der Waals surface area contributed by atoms with E-state index in [1.807, 2.05) is 18.7 Å². The predicted molar refractivity (Wildman–Crippen MR) is 134 cm³/mol. The van der Waals surface area contributed by atoms with Crippen LogP contribution in [-0.2, 0) is 14.4 Å². The van der Waals surface area contributed by atoms with Gasteiger partial charge in [0.25, 0.3) is 0 Å². The zero-order chi connectivity index (χ0) is 25.7. The molecule has 4 rings (SSSR count). The number of rotatable bonds is 7. The quantitative estimate of drug-likeness (QED) is 0.565. The summed E-state index contributed by atoms with van der Waals surface area (Å²) in [6.07, 6.45) is 7.22. The van der Waals surface area contributed by atoms with E-state index >= 15 is 0 Å². The number of amides is 3. The molecule has 2 aliphatic rings. The highest BCUT2D eigenvalue weighted by Gasteiger charge is 2.32. The van der Waals surface area contributed by atoms with Crippen LogP contribution in [0, 0.1) is 5.92 Å². The molecule has 1 aliphatic carbocycles. The van der Waals surface area contributed by atoms with Gasteiger partial charge in [-0.25, -0.2) is 4.98 Å². The minimum Gasteiger partial charge on any atom is -0.496 e. The van der Waals surface area contributed by atoms with Crippen LogP contribution < -0.4 is 15.4 Å². The summed E-state index contributed by atoms with van der Waals surface area (Å²) < 4.78 is 10.7. The highest BCUT2D eigenvalue weighted by molar-refractivity contribution is 6.39. The van der Waals surface area contributed by atoms with E-state index in [0.29, 0.717) is 48.3 Å². The molecule has 2 fully saturated rings. The molecule has 0 unspecified atom stereocenters. The Balaban J connectivity index is 1.27. The lowest BCUT2D eigenvalue weighted by Gasteiger charge is -2.39. The number of carbonyl (C=O) groups is 3. The maximum atomic E-state index is 12.7. The lowest BCUT2D eigenvalue weighted by molar-refractivity contribution is -0.138. The first-order valence-corrected chi connectivity index (χ1v) is 12.5. The van der Waals surface area contributed by atoms with Crippen molar-refractivity contribution < 1.29 is 23.5 Å². The van der Waals surface area contributed by atoms with Crippen LogP contribution in [0.2, 0.25) is 0 Å². The highest BCUT2D eigenvalue weighted by Crippen LogP contribution is 2.32. The van der Waals surface area contributed by atoms with Crippen molar-refractivity contribution in [3.8, 4) is 17.1 Å². The van der Waals surface area contributed by atoms with Gasteiger partial charge in [0, 0.05) is 55.9 Å². The first-order valence-electron chi connectivity index (χ1n) is 12.5. The fourth-order valence-electron chi connectivity index (χ4n) is 5.03. The first-order chi connectivity index (χ1) is 17.3. The normalized spacial score (nSPS) is 17.1. The van der Waals surface area contributed by atoms with E-state index in [2.05, 4.69) is 20.5 Å². The summed E-state index contributed by atoms with van der Waals surface area (Å²) in [5, 5.41) is 5.46. The first kappa shape index (κ1) is 25.7. The second-order valence-electron chi connectivity index (χ2n) is 10.2. The number of ether oxygens (including phenoxy) is 1. The smallest absolute Gasteiger partial charge is 0.313 e. The Kier molecular flexibility index (Phi) is 7.93. The molecule has 1 aromatic heterocycles. The molecule has 2 aromatic rings. The van der Waals surface area contributed by atoms with E-state index < -0.39 is 17.4 Å². The van der Waals surface area contributed by atoms with E-state index in [4.69, 9.17) is 9.15 Å². The van der Waals surface area contributed by atoms with Crippen molar-refractivity contribution >= 4 is 23.4 Å². The molecule has 1 aliphatic heterocycles. The van der Waals surface area contributed by atoms with Crippen LogP contribution in [0.25, 0.3) is 11.3 Å². The summed E-state index contributed by atoms with van der Waals surface area (Å²) >= 11 is 0. The SMILES string of the molecule is COc1cc(NC(=O)C(=O)NC(C)(C)CN2CCN(C(=O)C3CCCC3)CC2)ccc1-c1cnco1. The third-order valence-corrected chi connectivity index (χ3v) is 6.82. The molecule has 3 amide bonds. The van der Waals surface area contributed by atoms with Crippen LogP contribution in [0.15, 0.2) is 35.2 Å². The van der Waals surface area contributed by atoms with Gasteiger partial charge in [0.1, 0.15) is 5.75 Å². The van der Waals surface area contributed by atoms with Crippen LogP contribution in [0.4, 0.5) is 5.69 Å². The number of aromatic nitrogens is 1. The molecule has 36 heavy (non-hydrogen) atoms. The maximum Gasteiger partial charge on any atom is 0.313 e. The van der Waals surface area contributed by atoms with E-state index in [0.717, 1.165) is 38.8 Å². The number of nitrogens with one attached hydrogen (secondary N) is 2. The van der Waals surface area contributed by atoms with Gasteiger partial charge in [-0.1, -0.05) is 12.8 Å². The van der Waals surface area contributed by atoms with Crippen molar-refractivity contribution in [2.75, 3.05) is 45.2 Å². The summed E-state index contributed by atoms with van der Waals surface area (Å²) in [7, 11) is 1.51. The van der Waals surface area contributed by atoms with Crippen molar-refractivity contribution in [1.82, 2.24) is 20.1 Å². The van der Waals surface area contributed by atoms with Gasteiger partial charge in [-0.2, -0.15) is 0 Å². The predicted octanol–water partition coefficient (Wildman–Crippen LogP) is 2.52. The molecule has 0 bridgehead atoms. The van der Waals surface area contributed by atoms with Gasteiger partial charge >= 0.3 is 11.8 Å². The fourth-order valence-corrected chi connectivity index (χ4v) is 5.03. The maximum absolute atomic E-state index is 12.7. The Morgan fingerprint density at radius 2 is 1.83 bits per heavy atom. The van der Waals surface area contributed by atoms with Gasteiger partial charge in [-0.15, -0.1) is 0 Å². The molecule has 1 saturated heterocycles. The minimum absolute atomic E-state index is 0.198. The topological polar surface area (TPSA) is 117 Å². The Labute approximate surface area is 211 Å². The fraction of sp³-hybridized carbons (Fsp3) is 0.538. The van der Waals surface area contributed by atoms with Crippen molar-refractivity contribution in [2.24, 2.45) is 5.92 Å². The van der Waals surface area contributed by atoms with Crippen LogP contribution in [-0.4, -0.2) is 77.9 Å². The molecule has 194 valence electrons. The molecule has 1 saturated carbocycles. The van der Waals surface area contributed by atoms with Crippen molar-refractivity contribution in [1.29, 1.82) is 0 Å². The number of piperazine rings is 1. The molecule has 1 aromatic carbocycles. The number of methoxy groups -OCH3 is 1. The molecule has 0 radical (unpaired) electrons. The van der Waals surface area contributed by atoms with Crippen molar-refractivity contribution in [3.63, 3.8) is 0 Å². The van der Waals surface area contributed by atoms with E-state index in [-0.39, 0.29) is 5.92 Å². The monoisotopic (exact) mass is 497 g/mol. The van der Waals surface area contributed by atoms with Crippen LogP contribution in [0.5, 0.6) is 5.75 Å². The Bertz CT molecular complexity index is 1070. The summed E-state index contributed by atoms with van der Waals surface area (Å²) in [4.78, 5) is 46.0. The lowest BCUT2D eigenvalue weighted by atomic mass is 10.0. The summed E-state index contributed by atoms with van der Waals surface area (Å²) in [5.74, 6) is 0.0348. The van der Waals surface area contributed by atoms with Gasteiger partial charge in [-0.3, -0.25) is 19.3 Å². The van der Waals surface area contributed by atoms with E-state index in [1.54, 1.807) is 24.4 Å². The number of carbonyl (C=O) groups excluding carboxylic acids is 3. The number of hydrogen-bond donors (Lipinski definition) is 2. The van der Waals surface area contributed by atoms with E-state index in [1.165, 1.54) is 13.5 Å². The standard InChI is InChI=1S/C26H35N5O5/c1-26(2,16-30-10-12-31(13-11-30)25(34)18-6-4-5-7-18)29-24(33)23(32)28-19-8-9-20(21(14-19)35-3)22-15-27-17-36-22/h8-9,14-15,17-18H,4-7,10-13,16H2,1-3H3,(H,28,32)(H,29,33). The third kappa shape index (κ3) is 6.23. The van der Waals surface area contributed by atoms with Crippen LogP contribution in [0.1, 0.15) is 39.5 Å². The van der Waals surface area contributed by atoms with Gasteiger partial charge in [0.05, 0.1) is 18.9 Å². The molecule has 10 nitrogen and oxygen atoms in total. The largest absolute Gasteiger partial charge is 0.496 e. The third-order valence-electron chi connectivity index (χ3n) is 6.82. The molecule has 0 spiro atoms. The molecule has 2 N–H and O–H groups in total. The lowest BCUT2D eigenvalue weighted by Crippen LogP contribution is -2.58. The van der Waals surface area contributed by atoms with Gasteiger partial charge in [0.15, 0.2) is 12.2 Å². The number of hydrogen-bond acceptors (Lipinski definition) is 7. The highest BCUT2D eigenvalue weighted by atomic mass is 16.5. The summed E-state index contributed by atoms with van der Waals surface area (Å²) in [6.45, 7) is 7.27. The van der Waals surface area contributed by atoms with Crippen LogP contribution >= 0.6 is 0 Å². The number of benzene rings is 1. The van der Waals surface area contributed by atoms with Crippen molar-refractivity contribution in [3.05, 3.63) is 30.8 Å². The molecular formula is C26H35N5O5. The Hall–Kier alpha value is -3.40.